The zero-order valence-electron chi connectivity index (χ0n) is 12.4. The van der Waals surface area contributed by atoms with Crippen LogP contribution in [0.2, 0.25) is 0 Å². The predicted octanol–water partition coefficient (Wildman–Crippen LogP) is 4.70. The molecule has 3 aromatic rings. The molecule has 3 rings (SSSR count). The summed E-state index contributed by atoms with van der Waals surface area (Å²) in [5, 5.41) is 14.7. The molecule has 0 atom stereocenters. The smallest absolute Gasteiger partial charge is 0.323 e. The monoisotopic (exact) mass is 304 g/mol. The first-order chi connectivity index (χ1) is 11.2. The molecule has 0 bridgehead atoms. The van der Waals surface area contributed by atoms with Crippen LogP contribution in [-0.4, -0.2) is 11.1 Å². The topological polar surface area (TPSA) is 61.4 Å². The Morgan fingerprint density at radius 2 is 1.13 bits per heavy atom. The molecule has 23 heavy (non-hydrogen) atoms. The second kappa shape index (κ2) is 6.66. The van der Waals surface area contributed by atoms with Gasteiger partial charge in [0.1, 0.15) is 5.75 Å². The number of nitrogens with one attached hydrogen (secondary N) is 2. The van der Waals surface area contributed by atoms with Crippen LogP contribution in [-0.2, 0) is 0 Å². The van der Waals surface area contributed by atoms with Gasteiger partial charge in [0, 0.05) is 11.4 Å². The first-order valence-electron chi connectivity index (χ1n) is 7.23. The molecule has 0 aliphatic heterocycles. The fourth-order valence-electron chi connectivity index (χ4n) is 2.21. The third kappa shape index (κ3) is 3.89. The van der Waals surface area contributed by atoms with E-state index in [0.717, 1.165) is 11.1 Å². The molecule has 4 nitrogen and oxygen atoms in total. The Hall–Kier alpha value is -3.27. The number of carbonyl (C=O) groups is 1. The van der Waals surface area contributed by atoms with Crippen LogP contribution in [0.1, 0.15) is 0 Å². The summed E-state index contributed by atoms with van der Waals surface area (Å²) >= 11 is 0. The van der Waals surface area contributed by atoms with E-state index in [1.54, 1.807) is 12.1 Å². The van der Waals surface area contributed by atoms with Crippen LogP contribution in [0.3, 0.4) is 0 Å². The Kier molecular flexibility index (Phi) is 4.25. The molecular weight excluding hydrogens is 288 g/mol. The molecule has 0 fully saturated rings. The van der Waals surface area contributed by atoms with Gasteiger partial charge in [0.15, 0.2) is 0 Å². The number of phenolic OH excluding ortho intramolecular Hbond substituents is 1. The molecule has 114 valence electrons. The summed E-state index contributed by atoms with van der Waals surface area (Å²) in [7, 11) is 0. The van der Waals surface area contributed by atoms with Crippen molar-refractivity contribution in [3.8, 4) is 16.9 Å². The van der Waals surface area contributed by atoms with Gasteiger partial charge in [0.05, 0.1) is 0 Å². The molecule has 2 amide bonds. The van der Waals surface area contributed by atoms with Crippen LogP contribution < -0.4 is 10.6 Å². The summed E-state index contributed by atoms with van der Waals surface area (Å²) in [6, 6.07) is 23.7. The standard InChI is InChI=1S/C19H16N2O2/c22-18-12-10-17(11-13-18)21-19(23)20-16-8-6-15(7-9-16)14-4-2-1-3-5-14/h1-13,22H,(H2,20,21,23). The Morgan fingerprint density at radius 1 is 0.652 bits per heavy atom. The van der Waals surface area contributed by atoms with Gasteiger partial charge in [-0.25, -0.2) is 4.79 Å². The van der Waals surface area contributed by atoms with Crippen molar-refractivity contribution >= 4 is 17.4 Å². The molecular formula is C19H16N2O2. The van der Waals surface area contributed by atoms with Crippen molar-refractivity contribution in [2.24, 2.45) is 0 Å². The van der Waals surface area contributed by atoms with Crippen molar-refractivity contribution in [1.29, 1.82) is 0 Å². The van der Waals surface area contributed by atoms with Crippen molar-refractivity contribution in [3.63, 3.8) is 0 Å². The lowest BCUT2D eigenvalue weighted by molar-refractivity contribution is 0.262. The molecule has 0 aliphatic carbocycles. The van der Waals surface area contributed by atoms with E-state index in [9.17, 15) is 9.90 Å². The van der Waals surface area contributed by atoms with Crippen LogP contribution in [0, 0.1) is 0 Å². The maximum Gasteiger partial charge on any atom is 0.323 e. The first-order valence-corrected chi connectivity index (χ1v) is 7.23. The highest BCUT2D eigenvalue weighted by Gasteiger charge is 2.03. The number of urea groups is 1. The number of rotatable bonds is 3. The molecule has 0 heterocycles. The van der Waals surface area contributed by atoms with Crippen LogP contribution >= 0.6 is 0 Å². The van der Waals surface area contributed by atoms with Gasteiger partial charge >= 0.3 is 6.03 Å². The Bertz CT molecular complexity index is 782. The van der Waals surface area contributed by atoms with E-state index in [4.69, 9.17) is 0 Å². The van der Waals surface area contributed by atoms with Gasteiger partial charge in [-0.2, -0.15) is 0 Å². The molecule has 0 saturated carbocycles. The zero-order valence-corrected chi connectivity index (χ0v) is 12.4. The van der Waals surface area contributed by atoms with Crippen molar-refractivity contribution in [2.45, 2.75) is 0 Å². The second-order valence-corrected chi connectivity index (χ2v) is 5.07. The second-order valence-electron chi connectivity index (χ2n) is 5.07. The van der Waals surface area contributed by atoms with Gasteiger partial charge in [-0.15, -0.1) is 0 Å². The van der Waals surface area contributed by atoms with E-state index < -0.39 is 0 Å². The van der Waals surface area contributed by atoms with E-state index in [-0.39, 0.29) is 11.8 Å². The lowest BCUT2D eigenvalue weighted by Crippen LogP contribution is -2.19. The molecule has 3 N–H and O–H groups in total. The van der Waals surface area contributed by atoms with Crippen LogP contribution in [0.5, 0.6) is 5.75 Å². The summed E-state index contributed by atoms with van der Waals surface area (Å²) in [6.45, 7) is 0. The number of aromatic hydroxyl groups is 1. The number of hydrogen-bond acceptors (Lipinski definition) is 2. The van der Waals surface area contributed by atoms with E-state index >= 15 is 0 Å². The molecule has 0 saturated heterocycles. The summed E-state index contributed by atoms with van der Waals surface area (Å²) in [5.74, 6) is 0.160. The van der Waals surface area contributed by atoms with Crippen LogP contribution in [0.15, 0.2) is 78.9 Å². The highest BCUT2D eigenvalue weighted by molar-refractivity contribution is 5.99. The highest BCUT2D eigenvalue weighted by Crippen LogP contribution is 2.21. The SMILES string of the molecule is O=C(Nc1ccc(O)cc1)Nc1ccc(-c2ccccc2)cc1. The number of phenols is 1. The van der Waals surface area contributed by atoms with Crippen molar-refractivity contribution in [2.75, 3.05) is 10.6 Å². The van der Waals surface area contributed by atoms with Crippen LogP contribution in [0.4, 0.5) is 16.2 Å². The van der Waals surface area contributed by atoms with Gasteiger partial charge in [-0.1, -0.05) is 42.5 Å². The predicted molar refractivity (Wildman–Crippen MR) is 92.6 cm³/mol. The van der Waals surface area contributed by atoms with Gasteiger partial charge < -0.3 is 15.7 Å². The zero-order chi connectivity index (χ0) is 16.1. The summed E-state index contributed by atoms with van der Waals surface area (Å²) < 4.78 is 0. The Labute approximate surface area is 134 Å². The number of carbonyl (C=O) groups excluding carboxylic acids is 1. The highest BCUT2D eigenvalue weighted by atomic mass is 16.3. The van der Waals surface area contributed by atoms with E-state index in [1.165, 1.54) is 12.1 Å². The number of amides is 2. The van der Waals surface area contributed by atoms with Crippen molar-refractivity contribution < 1.29 is 9.90 Å². The lowest BCUT2D eigenvalue weighted by Gasteiger charge is -2.08. The molecule has 0 aliphatic rings. The molecule has 0 radical (unpaired) electrons. The average molecular weight is 304 g/mol. The molecule has 4 heteroatoms. The Balaban J connectivity index is 1.64. The van der Waals surface area contributed by atoms with Gasteiger partial charge in [0.25, 0.3) is 0 Å². The maximum absolute atomic E-state index is 11.9. The summed E-state index contributed by atoms with van der Waals surface area (Å²) in [6.07, 6.45) is 0. The third-order valence-electron chi connectivity index (χ3n) is 3.38. The number of benzene rings is 3. The molecule has 3 aromatic carbocycles. The van der Waals surface area contributed by atoms with Crippen molar-refractivity contribution in [1.82, 2.24) is 0 Å². The van der Waals surface area contributed by atoms with Gasteiger partial charge in [-0.05, 0) is 47.5 Å². The normalized spacial score (nSPS) is 10.1. The van der Waals surface area contributed by atoms with E-state index in [1.807, 2.05) is 54.6 Å². The quantitative estimate of drug-likeness (QED) is 0.614. The number of anilines is 2. The average Bonchev–Trinajstić information content (AvgIpc) is 2.58. The van der Waals surface area contributed by atoms with E-state index in [2.05, 4.69) is 10.6 Å². The number of hydrogen-bond donors (Lipinski definition) is 3. The minimum atomic E-state index is -0.330. The molecule has 0 unspecified atom stereocenters. The summed E-state index contributed by atoms with van der Waals surface area (Å²) in [5.41, 5.74) is 3.55. The van der Waals surface area contributed by atoms with Gasteiger partial charge in [0.2, 0.25) is 0 Å². The minimum Gasteiger partial charge on any atom is -0.508 e. The molecule has 0 aromatic heterocycles. The summed E-state index contributed by atoms with van der Waals surface area (Å²) in [4.78, 5) is 11.9. The fourth-order valence-corrected chi connectivity index (χ4v) is 2.21. The van der Waals surface area contributed by atoms with Crippen LogP contribution in [0.25, 0.3) is 11.1 Å². The first kappa shape index (κ1) is 14.7. The fraction of sp³-hybridized carbons (Fsp3) is 0. The van der Waals surface area contributed by atoms with E-state index in [0.29, 0.717) is 11.4 Å². The largest absolute Gasteiger partial charge is 0.508 e. The van der Waals surface area contributed by atoms with Gasteiger partial charge in [-0.3, -0.25) is 0 Å². The lowest BCUT2D eigenvalue weighted by atomic mass is 10.1. The third-order valence-corrected chi connectivity index (χ3v) is 3.38. The van der Waals surface area contributed by atoms with Crippen molar-refractivity contribution in [3.05, 3.63) is 78.9 Å². The molecule has 0 spiro atoms. The Morgan fingerprint density at radius 3 is 1.70 bits per heavy atom. The minimum absolute atomic E-state index is 0.160. The maximum atomic E-state index is 11.9.